The number of carbonyl (C=O) groups excluding carboxylic acids is 2. The van der Waals surface area contributed by atoms with E-state index in [4.69, 9.17) is 16.7 Å². The fourth-order valence-electron chi connectivity index (χ4n) is 1.68. The molecule has 2 amide bonds. The van der Waals surface area contributed by atoms with Gasteiger partial charge in [0.2, 0.25) is 0 Å². The quantitative estimate of drug-likeness (QED) is 0.206. The Morgan fingerprint density at radius 2 is 2.00 bits per heavy atom. The molecule has 1 heterocycles. The zero-order chi connectivity index (χ0) is 17.0. The van der Waals surface area contributed by atoms with Gasteiger partial charge in [-0.25, -0.2) is 10.2 Å². The molecule has 0 aliphatic carbocycles. The van der Waals surface area contributed by atoms with Gasteiger partial charge in [-0.05, 0) is 0 Å². The molecule has 7 N–H and O–H groups in total. The summed E-state index contributed by atoms with van der Waals surface area (Å²) >= 11 is 1.21. The number of anilines is 1. The molecule has 1 aromatic carbocycles. The average Bonchev–Trinajstić information content (AvgIpc) is 2.95. The van der Waals surface area contributed by atoms with Crippen LogP contribution in [-0.4, -0.2) is 22.0 Å². The summed E-state index contributed by atoms with van der Waals surface area (Å²) in [7, 11) is 0. The summed E-state index contributed by atoms with van der Waals surface area (Å²) in [4.78, 5) is 26.3. The second-order valence-electron chi connectivity index (χ2n) is 4.35. The number of hydrogen-bond acceptors (Lipinski definition) is 7. The van der Waals surface area contributed by atoms with E-state index in [2.05, 4.69) is 10.3 Å². The zero-order valence-electron chi connectivity index (χ0n) is 12.1. The molecule has 0 saturated heterocycles. The van der Waals surface area contributed by atoms with Crippen LogP contribution in [0.4, 0.5) is 10.8 Å². The van der Waals surface area contributed by atoms with Crippen LogP contribution < -0.4 is 22.0 Å². The van der Waals surface area contributed by atoms with Crippen LogP contribution in [0, 0.1) is 5.21 Å². The van der Waals surface area contributed by atoms with Gasteiger partial charge in [0, 0.05) is 29.3 Å². The van der Waals surface area contributed by atoms with Crippen molar-refractivity contribution < 1.29 is 20.0 Å². The SMILES string of the molecule is Cl.NC(=O)C(=CNc1nc(-c2cccc([NH+]([O-])O)c2)cs1)C(N)=O. The van der Waals surface area contributed by atoms with Crippen molar-refractivity contribution in [2.75, 3.05) is 5.32 Å². The van der Waals surface area contributed by atoms with Crippen molar-refractivity contribution >= 4 is 46.4 Å². The van der Waals surface area contributed by atoms with E-state index in [0.29, 0.717) is 16.4 Å². The van der Waals surface area contributed by atoms with E-state index in [0.717, 1.165) is 6.20 Å². The Labute approximate surface area is 146 Å². The van der Waals surface area contributed by atoms with E-state index in [1.165, 1.54) is 23.5 Å². The number of thiazole rings is 1. The van der Waals surface area contributed by atoms with Crippen molar-refractivity contribution in [3.8, 4) is 11.3 Å². The van der Waals surface area contributed by atoms with E-state index in [1.807, 2.05) is 0 Å². The number of primary amides is 2. The Kier molecular flexibility index (Phi) is 6.82. The molecular weight excluding hydrogens is 358 g/mol. The molecule has 1 unspecified atom stereocenters. The lowest BCUT2D eigenvalue weighted by atomic mass is 10.1. The maximum Gasteiger partial charge on any atom is 0.255 e. The smallest absolute Gasteiger partial charge is 0.255 e. The van der Waals surface area contributed by atoms with Crippen molar-refractivity contribution in [2.45, 2.75) is 0 Å². The highest BCUT2D eigenvalue weighted by atomic mass is 35.5. The molecule has 0 radical (unpaired) electrons. The summed E-state index contributed by atoms with van der Waals surface area (Å²) in [5, 5.41) is 23.7. The number of carbonyl (C=O) groups is 2. The van der Waals surface area contributed by atoms with Crippen LogP contribution in [0.3, 0.4) is 0 Å². The largest absolute Gasteiger partial charge is 0.595 e. The molecule has 1 atom stereocenters. The molecule has 9 nitrogen and oxygen atoms in total. The number of benzene rings is 1. The van der Waals surface area contributed by atoms with E-state index in [1.54, 1.807) is 17.5 Å². The molecule has 11 heteroatoms. The van der Waals surface area contributed by atoms with Crippen LogP contribution in [0.5, 0.6) is 0 Å². The van der Waals surface area contributed by atoms with Gasteiger partial charge in [-0.3, -0.25) is 9.59 Å². The van der Waals surface area contributed by atoms with Gasteiger partial charge in [-0.1, -0.05) is 12.1 Å². The number of aromatic nitrogens is 1. The lowest BCUT2D eigenvalue weighted by Crippen LogP contribution is -2.99. The van der Waals surface area contributed by atoms with Crippen LogP contribution in [0.2, 0.25) is 0 Å². The maximum atomic E-state index is 11.0. The number of nitrogens with two attached hydrogens (primary N) is 2. The highest BCUT2D eigenvalue weighted by Gasteiger charge is 2.12. The zero-order valence-corrected chi connectivity index (χ0v) is 13.7. The van der Waals surface area contributed by atoms with Crippen LogP contribution in [0.1, 0.15) is 0 Å². The van der Waals surface area contributed by atoms with Gasteiger partial charge in [-0.2, -0.15) is 5.23 Å². The summed E-state index contributed by atoms with van der Waals surface area (Å²) in [6, 6.07) is 6.31. The lowest BCUT2D eigenvalue weighted by molar-refractivity contribution is -0.991. The Morgan fingerprint density at radius 3 is 2.58 bits per heavy atom. The lowest BCUT2D eigenvalue weighted by Gasteiger charge is -2.11. The van der Waals surface area contributed by atoms with Crippen molar-refractivity contribution in [1.29, 1.82) is 0 Å². The van der Waals surface area contributed by atoms with Crippen LogP contribution >= 0.6 is 23.7 Å². The summed E-state index contributed by atoms with van der Waals surface area (Å²) in [6.45, 7) is 0. The topological polar surface area (TPSA) is 159 Å². The molecule has 0 bridgehead atoms. The van der Waals surface area contributed by atoms with E-state index < -0.39 is 17.0 Å². The molecule has 1 aromatic heterocycles. The van der Waals surface area contributed by atoms with Gasteiger partial charge in [-0.15, -0.1) is 23.7 Å². The molecule has 0 aliphatic rings. The maximum absolute atomic E-state index is 11.0. The minimum absolute atomic E-state index is 0. The first-order valence-electron chi connectivity index (χ1n) is 6.24. The minimum Gasteiger partial charge on any atom is -0.595 e. The second-order valence-corrected chi connectivity index (χ2v) is 5.21. The van der Waals surface area contributed by atoms with Crippen molar-refractivity contribution in [3.05, 3.63) is 46.6 Å². The Bertz CT molecular complexity index is 761. The number of nitrogens with zero attached hydrogens (tertiary/aromatic N) is 1. The third-order valence-corrected chi connectivity index (χ3v) is 3.55. The summed E-state index contributed by atoms with van der Waals surface area (Å²) in [5.41, 5.74) is 11.0. The first-order valence-corrected chi connectivity index (χ1v) is 7.12. The second kappa shape index (κ2) is 8.38. The van der Waals surface area contributed by atoms with Gasteiger partial charge in [0.25, 0.3) is 11.8 Å². The van der Waals surface area contributed by atoms with Crippen LogP contribution in [0.25, 0.3) is 11.3 Å². The van der Waals surface area contributed by atoms with Crippen molar-refractivity contribution in [1.82, 2.24) is 4.98 Å². The van der Waals surface area contributed by atoms with E-state index in [9.17, 15) is 14.8 Å². The first kappa shape index (κ1) is 19.5. The fraction of sp³-hybridized carbons (Fsp3) is 0. The number of hydrogen-bond donors (Lipinski definition) is 5. The summed E-state index contributed by atoms with van der Waals surface area (Å²) < 4.78 is 0. The highest BCUT2D eigenvalue weighted by molar-refractivity contribution is 7.14. The highest BCUT2D eigenvalue weighted by Crippen LogP contribution is 2.26. The third kappa shape index (κ3) is 4.75. The molecule has 0 saturated carbocycles. The fourth-order valence-corrected chi connectivity index (χ4v) is 2.37. The molecule has 0 aliphatic heterocycles. The molecule has 2 aromatic rings. The molecule has 2 rings (SSSR count). The predicted octanol–water partition coefficient (Wildman–Crippen LogP) is -0.0983. The van der Waals surface area contributed by atoms with Crippen LogP contribution in [0.15, 0.2) is 41.4 Å². The number of rotatable bonds is 6. The van der Waals surface area contributed by atoms with Gasteiger partial charge in [0.1, 0.15) is 5.57 Å². The predicted molar refractivity (Wildman–Crippen MR) is 90.7 cm³/mol. The van der Waals surface area contributed by atoms with Gasteiger partial charge < -0.3 is 22.0 Å². The average molecular weight is 372 g/mol. The molecule has 0 fully saturated rings. The number of halogens is 1. The molecular formula is C13H14ClN5O4S. The van der Waals surface area contributed by atoms with Crippen molar-refractivity contribution in [2.24, 2.45) is 11.5 Å². The minimum atomic E-state index is -1.03. The number of nitrogens with one attached hydrogen (secondary N) is 2. The van der Waals surface area contributed by atoms with Gasteiger partial charge in [0.05, 0.1) is 5.69 Å². The third-order valence-electron chi connectivity index (χ3n) is 2.78. The van der Waals surface area contributed by atoms with E-state index >= 15 is 0 Å². The van der Waals surface area contributed by atoms with Gasteiger partial charge in [0.15, 0.2) is 10.8 Å². The molecule has 24 heavy (non-hydrogen) atoms. The Hall–Kier alpha value is -2.50. The Balaban J connectivity index is 0.00000288. The number of amides is 2. The molecule has 128 valence electrons. The Morgan fingerprint density at radius 1 is 1.33 bits per heavy atom. The summed E-state index contributed by atoms with van der Waals surface area (Å²) in [5.74, 6) is -1.90. The first-order chi connectivity index (χ1) is 10.9. The molecule has 0 spiro atoms. The van der Waals surface area contributed by atoms with E-state index in [-0.39, 0.29) is 23.7 Å². The summed E-state index contributed by atoms with van der Waals surface area (Å²) in [6.07, 6.45) is 1.08. The monoisotopic (exact) mass is 371 g/mol. The van der Waals surface area contributed by atoms with Crippen LogP contribution in [-0.2, 0) is 9.59 Å². The standard InChI is InChI=1S/C13H13N5O4S.ClH/c14-11(19)9(12(15)20)5-16-13-17-10(6-23-13)7-2-1-3-8(4-7)18(21)22;/h1-6,18,21H,(H2,14,19)(H2,15,20)(H,16,17);1H. The van der Waals surface area contributed by atoms with Crippen molar-refractivity contribution in [3.63, 3.8) is 0 Å². The van der Waals surface area contributed by atoms with Gasteiger partial charge >= 0.3 is 0 Å². The number of quaternary nitrogens is 1. The normalized spacial score (nSPS) is 11.1.